The van der Waals surface area contributed by atoms with Crippen LogP contribution in [0.25, 0.3) is 10.9 Å². The van der Waals surface area contributed by atoms with Crippen molar-refractivity contribution < 1.29 is 27.8 Å². The van der Waals surface area contributed by atoms with E-state index in [4.69, 9.17) is 16.3 Å². The van der Waals surface area contributed by atoms with E-state index in [0.717, 1.165) is 28.1 Å². The third kappa shape index (κ3) is 8.07. The van der Waals surface area contributed by atoms with Crippen molar-refractivity contribution in [3.8, 4) is 5.75 Å². The lowest BCUT2D eigenvalue weighted by atomic mass is 9.90. The first-order valence-electron chi connectivity index (χ1n) is 14.7. The summed E-state index contributed by atoms with van der Waals surface area (Å²) in [6.07, 6.45) is -2.83. The van der Waals surface area contributed by atoms with Gasteiger partial charge in [0.2, 0.25) is 0 Å². The van der Waals surface area contributed by atoms with Crippen molar-refractivity contribution in [2.45, 2.75) is 32.1 Å². The van der Waals surface area contributed by atoms with Gasteiger partial charge in [-0.25, -0.2) is 0 Å². The number of aliphatic carboxylic acids is 1. The molecule has 1 N–H and O–H groups in total. The molecule has 0 aliphatic rings. The van der Waals surface area contributed by atoms with Crippen LogP contribution in [0.1, 0.15) is 35.1 Å². The number of rotatable bonds is 13. The second-order valence-electron chi connectivity index (χ2n) is 11.3. The highest BCUT2D eigenvalue weighted by molar-refractivity contribution is 6.32. The Labute approximate surface area is 265 Å². The molecule has 1 aromatic heterocycles. The maximum atomic E-state index is 13.7. The summed E-state index contributed by atoms with van der Waals surface area (Å²) in [5, 5.41) is 9.77. The molecule has 1 unspecified atom stereocenters. The third-order valence-electron chi connectivity index (χ3n) is 7.80. The molecule has 5 aromatic rings. The van der Waals surface area contributed by atoms with Crippen LogP contribution in [0.3, 0.4) is 0 Å². The van der Waals surface area contributed by atoms with Crippen LogP contribution in [0.15, 0.2) is 109 Å². The minimum absolute atomic E-state index is 0.0156. The zero-order valence-electron chi connectivity index (χ0n) is 24.8. The second-order valence-corrected chi connectivity index (χ2v) is 11.7. The molecule has 0 spiro atoms. The molecule has 5 nitrogen and oxygen atoms in total. The third-order valence-corrected chi connectivity index (χ3v) is 8.24. The van der Waals surface area contributed by atoms with Crippen molar-refractivity contribution in [1.29, 1.82) is 0 Å². The molecule has 0 aliphatic carbocycles. The summed E-state index contributed by atoms with van der Waals surface area (Å²) in [6.45, 7) is 3.52. The maximum absolute atomic E-state index is 13.7. The highest BCUT2D eigenvalue weighted by Crippen LogP contribution is 2.37. The number of alkyl halides is 3. The van der Waals surface area contributed by atoms with Crippen LogP contribution < -0.4 is 4.74 Å². The van der Waals surface area contributed by atoms with E-state index in [9.17, 15) is 23.1 Å². The number of nitrogens with zero attached hydrogens (tertiary/aromatic N) is 2. The number of halogens is 4. The fraction of sp³-hybridized carbons (Fsp3) is 0.250. The van der Waals surface area contributed by atoms with Gasteiger partial charge in [0, 0.05) is 43.1 Å². The monoisotopic (exact) mass is 634 g/mol. The van der Waals surface area contributed by atoms with Crippen LogP contribution >= 0.6 is 11.6 Å². The number of ether oxygens (including phenoxy) is 1. The molecule has 0 radical (unpaired) electrons. The van der Waals surface area contributed by atoms with E-state index in [-0.39, 0.29) is 29.9 Å². The summed E-state index contributed by atoms with van der Waals surface area (Å²) >= 11 is 6.36. The van der Waals surface area contributed by atoms with Gasteiger partial charge in [-0.2, -0.15) is 13.2 Å². The average Bonchev–Trinajstić information content (AvgIpc) is 3.42. The number of fused-ring (bicyclic) bond motifs is 1. The van der Waals surface area contributed by atoms with Gasteiger partial charge in [-0.05, 0) is 41.0 Å². The Morgan fingerprint density at radius 1 is 0.889 bits per heavy atom. The van der Waals surface area contributed by atoms with Gasteiger partial charge >= 0.3 is 12.1 Å². The molecule has 9 heteroatoms. The van der Waals surface area contributed by atoms with Crippen LogP contribution in [0.5, 0.6) is 5.75 Å². The van der Waals surface area contributed by atoms with E-state index in [1.54, 1.807) is 16.8 Å². The largest absolute Gasteiger partial charge is 0.493 e. The molecule has 0 fully saturated rings. The van der Waals surface area contributed by atoms with Gasteiger partial charge in [0.1, 0.15) is 12.3 Å². The van der Waals surface area contributed by atoms with Crippen LogP contribution in [-0.2, 0) is 24.1 Å². The van der Waals surface area contributed by atoms with E-state index in [1.807, 2.05) is 67.6 Å². The summed E-state index contributed by atoms with van der Waals surface area (Å²) < 4.78 is 49.1. The summed E-state index contributed by atoms with van der Waals surface area (Å²) in [7, 11) is 0. The fourth-order valence-electron chi connectivity index (χ4n) is 5.73. The Bertz CT molecular complexity index is 1690. The Morgan fingerprint density at radius 3 is 2.16 bits per heavy atom. The van der Waals surface area contributed by atoms with Gasteiger partial charge in [-0.1, -0.05) is 97.4 Å². The van der Waals surface area contributed by atoms with Crippen LogP contribution in [0, 0.1) is 5.92 Å². The zero-order chi connectivity index (χ0) is 32.0. The van der Waals surface area contributed by atoms with Crippen molar-refractivity contribution in [2.75, 3.05) is 19.7 Å². The van der Waals surface area contributed by atoms with Crippen molar-refractivity contribution >= 4 is 28.5 Å². The molecule has 0 amide bonds. The Morgan fingerprint density at radius 2 is 1.53 bits per heavy atom. The molecule has 1 atom stereocenters. The lowest BCUT2D eigenvalue weighted by Crippen LogP contribution is -2.34. The number of carbonyl (C=O) groups is 1. The molecule has 0 bridgehead atoms. The van der Waals surface area contributed by atoms with E-state index in [2.05, 4.69) is 29.2 Å². The molecule has 5 rings (SSSR count). The van der Waals surface area contributed by atoms with Gasteiger partial charge in [0.05, 0.1) is 22.7 Å². The molecule has 45 heavy (non-hydrogen) atoms. The van der Waals surface area contributed by atoms with Crippen molar-refractivity contribution in [2.24, 2.45) is 5.92 Å². The second kappa shape index (κ2) is 14.2. The van der Waals surface area contributed by atoms with Crippen LogP contribution in [-0.4, -0.2) is 40.2 Å². The number of hydrogen-bond acceptors (Lipinski definition) is 3. The smallest absolute Gasteiger partial charge is 0.417 e. The first-order valence-corrected chi connectivity index (χ1v) is 15.1. The highest BCUT2D eigenvalue weighted by atomic mass is 35.5. The topological polar surface area (TPSA) is 54.7 Å². The molecule has 0 aliphatic heterocycles. The Kier molecular flexibility index (Phi) is 10.2. The summed E-state index contributed by atoms with van der Waals surface area (Å²) in [5.41, 5.74) is 2.53. The van der Waals surface area contributed by atoms with E-state index in [1.165, 1.54) is 6.07 Å². The van der Waals surface area contributed by atoms with Crippen molar-refractivity contribution in [3.63, 3.8) is 0 Å². The Hall–Kier alpha value is -4.27. The molecule has 4 aromatic carbocycles. The van der Waals surface area contributed by atoms with E-state index >= 15 is 0 Å². The van der Waals surface area contributed by atoms with Gasteiger partial charge in [0.15, 0.2) is 0 Å². The van der Waals surface area contributed by atoms with Gasteiger partial charge < -0.3 is 14.4 Å². The van der Waals surface area contributed by atoms with E-state index < -0.39 is 17.7 Å². The molecule has 1 heterocycles. The van der Waals surface area contributed by atoms with Gasteiger partial charge in [-0.3, -0.25) is 9.69 Å². The zero-order valence-corrected chi connectivity index (χ0v) is 25.5. The lowest BCUT2D eigenvalue weighted by Gasteiger charge is -2.31. The maximum Gasteiger partial charge on any atom is 0.417 e. The summed E-state index contributed by atoms with van der Waals surface area (Å²) in [5.74, 6) is -0.342. The number of benzene rings is 4. The van der Waals surface area contributed by atoms with Gasteiger partial charge in [-0.15, -0.1) is 0 Å². The van der Waals surface area contributed by atoms with E-state index in [0.29, 0.717) is 31.0 Å². The molecular weight excluding hydrogens is 601 g/mol. The first kappa shape index (κ1) is 32.1. The number of carboxylic acid groups (broad SMARTS) is 1. The van der Waals surface area contributed by atoms with Crippen molar-refractivity contribution in [1.82, 2.24) is 9.47 Å². The standard InChI is InChI=1S/C36H34ClF3N2O3/c1-25(24-45-33-17-9-16-32-29(33)18-19-42(32)23-34(43)44)20-41(21-28-14-8-15-31(35(28)37)36(38,39)40)22-30(26-10-4-2-5-11-26)27-12-6-3-7-13-27/h2-19,25,30H,20-24H2,1H3,(H,43,44). The summed E-state index contributed by atoms with van der Waals surface area (Å²) in [4.78, 5) is 13.4. The van der Waals surface area contributed by atoms with Crippen molar-refractivity contribution in [3.05, 3.63) is 137 Å². The average molecular weight is 635 g/mol. The predicted molar refractivity (Wildman–Crippen MR) is 171 cm³/mol. The van der Waals surface area contributed by atoms with Crippen LogP contribution in [0.2, 0.25) is 5.02 Å². The molecule has 0 saturated heterocycles. The molecular formula is C36H34ClF3N2O3. The molecule has 0 saturated carbocycles. The van der Waals surface area contributed by atoms with Crippen LogP contribution in [0.4, 0.5) is 13.2 Å². The SMILES string of the molecule is CC(COc1cccc2c1ccn2CC(=O)O)CN(Cc1cccc(C(F)(F)F)c1Cl)CC(c1ccccc1)c1ccccc1. The number of carboxylic acids is 1. The molecule has 234 valence electrons. The number of aromatic nitrogens is 1. The fourth-order valence-corrected chi connectivity index (χ4v) is 6.02. The predicted octanol–water partition coefficient (Wildman–Crippen LogP) is 8.75. The highest BCUT2D eigenvalue weighted by Gasteiger charge is 2.34. The minimum atomic E-state index is -4.56. The lowest BCUT2D eigenvalue weighted by molar-refractivity contribution is -0.138. The minimum Gasteiger partial charge on any atom is -0.493 e. The Balaban J connectivity index is 1.40. The summed E-state index contributed by atoms with van der Waals surface area (Å²) in [6, 6.07) is 31.5. The quantitative estimate of drug-likeness (QED) is 0.141. The van der Waals surface area contributed by atoms with Gasteiger partial charge in [0.25, 0.3) is 0 Å². The first-order chi connectivity index (χ1) is 21.6. The normalized spacial score (nSPS) is 12.6. The number of hydrogen-bond donors (Lipinski definition) is 1.